The monoisotopic (exact) mass is 381 g/mol. The first-order valence-electron chi connectivity index (χ1n) is 9.70. The number of ether oxygens (including phenoxy) is 2. The molecule has 0 saturated carbocycles. The molecule has 7 heteroatoms. The van der Waals surface area contributed by atoms with Gasteiger partial charge in [-0.3, -0.25) is 20.3 Å². The molecule has 2 aromatic rings. The van der Waals surface area contributed by atoms with Gasteiger partial charge in [-0.1, -0.05) is 24.3 Å². The second-order valence-electron chi connectivity index (χ2n) is 7.50. The zero-order chi connectivity index (χ0) is 19.7. The molecule has 1 aliphatic carbocycles. The highest BCUT2D eigenvalue weighted by atomic mass is 16.5. The second kappa shape index (κ2) is 7.87. The SMILES string of the molecule is CN1CCOC[C@@H]1C(=N)n1cc(O[C@@H]2CC[C@H](N)c3ccccc32)ccc1=N. The van der Waals surface area contributed by atoms with Gasteiger partial charge in [-0.2, -0.15) is 0 Å². The fourth-order valence-electron chi connectivity index (χ4n) is 3.96. The number of likely N-dealkylation sites (N-methyl/N-ethyl adjacent to an activating group) is 1. The van der Waals surface area contributed by atoms with Crippen molar-refractivity contribution in [1.29, 1.82) is 10.8 Å². The third-order valence-corrected chi connectivity index (χ3v) is 5.65. The number of aromatic nitrogens is 1. The summed E-state index contributed by atoms with van der Waals surface area (Å²) in [4.78, 5) is 2.09. The third kappa shape index (κ3) is 3.61. The van der Waals surface area contributed by atoms with Crippen LogP contribution in [-0.2, 0) is 4.74 Å². The molecule has 148 valence electrons. The number of nitrogens with zero attached hydrogens (tertiary/aromatic N) is 2. The van der Waals surface area contributed by atoms with E-state index in [0.29, 0.717) is 24.8 Å². The number of fused-ring (bicyclic) bond motifs is 1. The molecule has 4 rings (SSSR count). The van der Waals surface area contributed by atoms with Crippen LogP contribution in [0.2, 0.25) is 0 Å². The topological polar surface area (TPSA) is 100 Å². The van der Waals surface area contributed by atoms with Gasteiger partial charge in [-0.15, -0.1) is 0 Å². The summed E-state index contributed by atoms with van der Waals surface area (Å²) in [6.07, 6.45) is 3.39. The number of nitrogens with one attached hydrogen (secondary N) is 2. The van der Waals surface area contributed by atoms with Crippen molar-refractivity contribution >= 4 is 5.84 Å². The fraction of sp³-hybridized carbons (Fsp3) is 0.429. The van der Waals surface area contributed by atoms with Gasteiger partial charge in [0.05, 0.1) is 25.5 Å². The van der Waals surface area contributed by atoms with Crippen LogP contribution in [0.15, 0.2) is 42.6 Å². The Hall–Kier alpha value is -2.48. The van der Waals surface area contributed by atoms with E-state index >= 15 is 0 Å². The van der Waals surface area contributed by atoms with E-state index in [1.165, 1.54) is 0 Å². The Balaban J connectivity index is 1.59. The van der Waals surface area contributed by atoms with Crippen LogP contribution in [0.1, 0.15) is 36.1 Å². The molecule has 28 heavy (non-hydrogen) atoms. The number of pyridine rings is 1. The summed E-state index contributed by atoms with van der Waals surface area (Å²) in [6.45, 7) is 1.90. The molecule has 2 heterocycles. The van der Waals surface area contributed by atoms with Crippen LogP contribution in [-0.4, -0.2) is 48.2 Å². The first-order chi connectivity index (χ1) is 13.5. The number of hydrogen-bond acceptors (Lipinski definition) is 6. The van der Waals surface area contributed by atoms with Crippen molar-refractivity contribution in [2.45, 2.75) is 31.0 Å². The first-order valence-corrected chi connectivity index (χ1v) is 9.70. The zero-order valence-electron chi connectivity index (χ0n) is 16.1. The third-order valence-electron chi connectivity index (χ3n) is 5.65. The molecule has 0 amide bonds. The largest absolute Gasteiger partial charge is 0.484 e. The number of nitrogens with two attached hydrogens (primary N) is 1. The standard InChI is InChI=1S/C21H27N5O2/c1-25-10-11-27-13-18(25)21(24)26-12-14(6-9-20(26)23)28-19-8-7-17(22)15-4-2-3-5-16(15)19/h2-6,9,12,17-19,23-24H,7-8,10-11,13,22H2,1H3/t17-,18+,19+/m0/s1. The molecule has 1 fully saturated rings. The lowest BCUT2D eigenvalue weighted by molar-refractivity contribution is 0.0287. The van der Waals surface area contributed by atoms with E-state index in [4.69, 9.17) is 26.0 Å². The lowest BCUT2D eigenvalue weighted by atomic mass is 9.86. The van der Waals surface area contributed by atoms with Gasteiger partial charge in [0.1, 0.15) is 23.2 Å². The minimum absolute atomic E-state index is 0.0478. The molecule has 7 nitrogen and oxygen atoms in total. The van der Waals surface area contributed by atoms with Crippen molar-refractivity contribution in [3.8, 4) is 5.75 Å². The van der Waals surface area contributed by atoms with E-state index < -0.39 is 0 Å². The molecule has 1 aromatic heterocycles. The highest BCUT2D eigenvalue weighted by molar-refractivity contribution is 5.87. The van der Waals surface area contributed by atoms with Crippen molar-refractivity contribution in [3.05, 3.63) is 59.2 Å². The summed E-state index contributed by atoms with van der Waals surface area (Å²) < 4.78 is 13.4. The molecule has 0 unspecified atom stereocenters. The van der Waals surface area contributed by atoms with Gasteiger partial charge in [-0.05, 0) is 43.1 Å². The molecule has 1 aliphatic heterocycles. The van der Waals surface area contributed by atoms with Gasteiger partial charge in [0.25, 0.3) is 0 Å². The van der Waals surface area contributed by atoms with Crippen LogP contribution >= 0.6 is 0 Å². The number of benzene rings is 1. The summed E-state index contributed by atoms with van der Waals surface area (Å²) in [5.74, 6) is 0.971. The van der Waals surface area contributed by atoms with E-state index in [1.54, 1.807) is 22.9 Å². The van der Waals surface area contributed by atoms with Crippen LogP contribution in [0.25, 0.3) is 0 Å². The zero-order valence-corrected chi connectivity index (χ0v) is 16.1. The van der Waals surface area contributed by atoms with Crippen molar-refractivity contribution in [3.63, 3.8) is 0 Å². The first kappa shape index (κ1) is 18.9. The maximum absolute atomic E-state index is 8.60. The predicted octanol–water partition coefficient (Wildman–Crippen LogP) is 2.04. The van der Waals surface area contributed by atoms with Crippen LogP contribution in [0.3, 0.4) is 0 Å². The molecular formula is C21H27N5O2. The molecule has 0 bridgehead atoms. The number of hydrogen-bond donors (Lipinski definition) is 3. The van der Waals surface area contributed by atoms with Gasteiger partial charge >= 0.3 is 0 Å². The Morgan fingerprint density at radius 1 is 1.18 bits per heavy atom. The quantitative estimate of drug-likeness (QED) is 0.559. The fourth-order valence-corrected chi connectivity index (χ4v) is 3.96. The van der Waals surface area contributed by atoms with Gasteiger partial charge < -0.3 is 15.2 Å². The van der Waals surface area contributed by atoms with Crippen LogP contribution in [0.5, 0.6) is 5.75 Å². The summed E-state index contributed by atoms with van der Waals surface area (Å²) in [6, 6.07) is 11.5. The van der Waals surface area contributed by atoms with Gasteiger partial charge in [-0.25, -0.2) is 0 Å². The van der Waals surface area contributed by atoms with Crippen molar-refractivity contribution in [1.82, 2.24) is 9.47 Å². The van der Waals surface area contributed by atoms with E-state index in [1.807, 2.05) is 19.2 Å². The van der Waals surface area contributed by atoms with Gasteiger partial charge in [0.2, 0.25) is 0 Å². The average molecular weight is 381 g/mol. The van der Waals surface area contributed by atoms with Crippen molar-refractivity contribution in [2.24, 2.45) is 5.73 Å². The maximum atomic E-state index is 8.60. The highest BCUT2D eigenvalue weighted by Crippen LogP contribution is 2.37. The van der Waals surface area contributed by atoms with Crippen molar-refractivity contribution < 1.29 is 9.47 Å². The molecule has 2 aliphatic rings. The average Bonchev–Trinajstić information content (AvgIpc) is 2.71. The minimum Gasteiger partial charge on any atom is -0.484 e. The normalized spacial score (nSPS) is 25.1. The molecule has 0 radical (unpaired) electrons. The van der Waals surface area contributed by atoms with Crippen LogP contribution < -0.4 is 16.0 Å². The Bertz CT molecular complexity index is 925. The summed E-state index contributed by atoms with van der Waals surface area (Å²) in [7, 11) is 1.98. The summed E-state index contributed by atoms with van der Waals surface area (Å²) in [5.41, 5.74) is 8.76. The minimum atomic E-state index is -0.175. The van der Waals surface area contributed by atoms with Crippen LogP contribution in [0, 0.1) is 10.8 Å². The lowest BCUT2D eigenvalue weighted by Crippen LogP contribution is -2.51. The van der Waals surface area contributed by atoms with E-state index in [9.17, 15) is 0 Å². The van der Waals surface area contributed by atoms with Gasteiger partial charge in [0.15, 0.2) is 0 Å². The van der Waals surface area contributed by atoms with Gasteiger partial charge in [0, 0.05) is 12.6 Å². The molecule has 1 aromatic carbocycles. The van der Waals surface area contributed by atoms with Crippen molar-refractivity contribution in [2.75, 3.05) is 26.8 Å². The highest BCUT2D eigenvalue weighted by Gasteiger charge is 2.27. The molecule has 0 spiro atoms. The Kier molecular flexibility index (Phi) is 5.30. The van der Waals surface area contributed by atoms with E-state index in [0.717, 1.165) is 30.5 Å². The molecule has 4 N–H and O–H groups in total. The number of morpholine rings is 1. The Morgan fingerprint density at radius 2 is 1.96 bits per heavy atom. The van der Waals surface area contributed by atoms with Crippen LogP contribution in [0.4, 0.5) is 0 Å². The maximum Gasteiger partial charge on any atom is 0.137 e. The predicted molar refractivity (Wildman–Crippen MR) is 107 cm³/mol. The second-order valence-corrected chi connectivity index (χ2v) is 7.50. The summed E-state index contributed by atoms with van der Waals surface area (Å²) in [5, 5.41) is 16.8. The van der Waals surface area contributed by atoms with E-state index in [2.05, 4.69) is 17.0 Å². The molecule has 1 saturated heterocycles. The number of rotatable bonds is 3. The molecule has 3 atom stereocenters. The molecular weight excluding hydrogens is 354 g/mol. The Morgan fingerprint density at radius 3 is 2.75 bits per heavy atom. The Labute approximate surface area is 164 Å². The van der Waals surface area contributed by atoms with E-state index in [-0.39, 0.29) is 23.7 Å². The lowest BCUT2D eigenvalue weighted by Gasteiger charge is -2.33. The smallest absolute Gasteiger partial charge is 0.137 e. The summed E-state index contributed by atoms with van der Waals surface area (Å²) >= 11 is 0.